The van der Waals surface area contributed by atoms with E-state index in [1.165, 1.54) is 38.9 Å². The first kappa shape index (κ1) is 20.2. The standard InChI is InChI=1S/C29H32N2O/c1-30(2)19-29(32)13-15-31(16-14-29)18-20-11-12-25-26(17-20)28-23-9-5-3-7-21(23)27(25)22-8-4-6-10-24(22)28/h3-12,17,27-28,32H,13-16,18-19H2,1-2H3. The van der Waals surface area contributed by atoms with Gasteiger partial charge in [0.1, 0.15) is 0 Å². The highest BCUT2D eigenvalue weighted by molar-refractivity contribution is 5.68. The van der Waals surface area contributed by atoms with Gasteiger partial charge in [-0.05, 0) is 65.9 Å². The minimum atomic E-state index is -0.539. The molecule has 0 amide bonds. The normalized spacial score (nSPS) is 23.0. The maximum Gasteiger partial charge on any atom is 0.0798 e. The lowest BCUT2D eigenvalue weighted by atomic mass is 9.61. The number of piperidine rings is 1. The summed E-state index contributed by atoms with van der Waals surface area (Å²) in [7, 11) is 4.09. The number of hydrogen-bond acceptors (Lipinski definition) is 3. The molecule has 0 saturated carbocycles. The van der Waals surface area contributed by atoms with Crippen molar-refractivity contribution in [2.45, 2.75) is 36.8 Å². The van der Waals surface area contributed by atoms with Crippen molar-refractivity contribution in [3.63, 3.8) is 0 Å². The van der Waals surface area contributed by atoms with E-state index in [1.54, 1.807) is 0 Å². The van der Waals surface area contributed by atoms with Crippen LogP contribution in [0.3, 0.4) is 0 Å². The van der Waals surface area contributed by atoms with E-state index in [2.05, 4.69) is 76.5 Å². The molecule has 0 aromatic heterocycles. The fourth-order valence-corrected chi connectivity index (χ4v) is 6.45. The first-order chi connectivity index (χ1) is 15.5. The first-order valence-corrected chi connectivity index (χ1v) is 11.9. The molecule has 3 aromatic carbocycles. The zero-order valence-electron chi connectivity index (χ0n) is 19.1. The van der Waals surface area contributed by atoms with Gasteiger partial charge in [0.05, 0.1) is 5.60 Å². The summed E-state index contributed by atoms with van der Waals surface area (Å²) in [6, 6.07) is 25.2. The Bertz CT molecular complexity index is 1110. The number of benzene rings is 3. The minimum absolute atomic E-state index is 0.342. The molecule has 1 saturated heterocycles. The largest absolute Gasteiger partial charge is 0.388 e. The van der Waals surface area contributed by atoms with E-state index in [1.807, 2.05) is 14.1 Å². The van der Waals surface area contributed by atoms with E-state index in [-0.39, 0.29) is 0 Å². The average Bonchev–Trinajstić information content (AvgIpc) is 2.80. The van der Waals surface area contributed by atoms with Crippen LogP contribution in [0, 0.1) is 0 Å². The second kappa shape index (κ2) is 7.55. The lowest BCUT2D eigenvalue weighted by Gasteiger charge is -2.42. The highest BCUT2D eigenvalue weighted by Crippen LogP contribution is 2.55. The van der Waals surface area contributed by atoms with Gasteiger partial charge in [-0.2, -0.15) is 0 Å². The van der Waals surface area contributed by atoms with Crippen LogP contribution < -0.4 is 0 Å². The van der Waals surface area contributed by atoms with Crippen LogP contribution in [0.15, 0.2) is 66.7 Å². The molecule has 0 atom stereocenters. The van der Waals surface area contributed by atoms with Gasteiger partial charge in [-0.25, -0.2) is 0 Å². The molecule has 1 N–H and O–H groups in total. The predicted octanol–water partition coefficient (Wildman–Crippen LogP) is 4.56. The molecule has 1 heterocycles. The van der Waals surface area contributed by atoms with Gasteiger partial charge in [0.15, 0.2) is 0 Å². The molecule has 0 radical (unpaired) electrons. The van der Waals surface area contributed by atoms with Crippen molar-refractivity contribution in [2.75, 3.05) is 33.7 Å². The number of rotatable bonds is 4. The number of likely N-dealkylation sites (tertiary alicyclic amines) is 1. The topological polar surface area (TPSA) is 26.7 Å². The molecule has 7 rings (SSSR count). The minimum Gasteiger partial charge on any atom is -0.388 e. The first-order valence-electron chi connectivity index (χ1n) is 11.9. The van der Waals surface area contributed by atoms with Crippen molar-refractivity contribution < 1.29 is 5.11 Å². The Hall–Kier alpha value is -2.46. The Balaban J connectivity index is 1.29. The highest BCUT2D eigenvalue weighted by atomic mass is 16.3. The summed E-state index contributed by atoms with van der Waals surface area (Å²) in [6.45, 7) is 3.63. The highest BCUT2D eigenvalue weighted by Gasteiger charge is 2.41. The molecule has 1 aliphatic heterocycles. The second-order valence-electron chi connectivity index (χ2n) is 10.3. The molecule has 4 aliphatic rings. The van der Waals surface area contributed by atoms with Gasteiger partial charge in [-0.15, -0.1) is 0 Å². The van der Waals surface area contributed by atoms with Crippen molar-refractivity contribution in [1.82, 2.24) is 9.80 Å². The van der Waals surface area contributed by atoms with Gasteiger partial charge in [0, 0.05) is 38.0 Å². The maximum absolute atomic E-state index is 10.9. The Morgan fingerprint density at radius 3 is 1.81 bits per heavy atom. The lowest BCUT2D eigenvalue weighted by molar-refractivity contribution is -0.0388. The molecule has 164 valence electrons. The smallest absolute Gasteiger partial charge is 0.0798 e. The Kier molecular flexibility index (Phi) is 4.76. The molecule has 0 spiro atoms. The number of hydrogen-bond donors (Lipinski definition) is 1. The molecule has 0 unspecified atom stereocenters. The summed E-state index contributed by atoms with van der Waals surface area (Å²) >= 11 is 0. The molecular formula is C29H32N2O. The van der Waals surface area contributed by atoms with E-state index in [9.17, 15) is 5.11 Å². The predicted molar refractivity (Wildman–Crippen MR) is 129 cm³/mol. The van der Waals surface area contributed by atoms with Gasteiger partial charge in [0.2, 0.25) is 0 Å². The SMILES string of the molecule is CN(C)CC1(O)CCN(Cc2ccc3c(c2)C2c4ccccc4C3c3ccccc32)CC1. The Labute approximate surface area is 191 Å². The van der Waals surface area contributed by atoms with Crippen LogP contribution in [0.4, 0.5) is 0 Å². The van der Waals surface area contributed by atoms with Crippen LogP contribution >= 0.6 is 0 Å². The number of likely N-dealkylation sites (N-methyl/N-ethyl adjacent to an activating group) is 1. The van der Waals surface area contributed by atoms with Gasteiger partial charge in [-0.3, -0.25) is 4.90 Å². The summed E-state index contributed by atoms with van der Waals surface area (Å²) in [5.41, 5.74) is 9.74. The van der Waals surface area contributed by atoms with E-state index < -0.39 is 5.60 Å². The Morgan fingerprint density at radius 1 is 0.781 bits per heavy atom. The van der Waals surface area contributed by atoms with Crippen LogP contribution in [0.25, 0.3) is 0 Å². The fraction of sp³-hybridized carbons (Fsp3) is 0.379. The number of nitrogens with zero attached hydrogens (tertiary/aromatic N) is 2. The van der Waals surface area contributed by atoms with Gasteiger partial charge < -0.3 is 10.0 Å². The summed E-state index contributed by atoms with van der Waals surface area (Å²) in [5.74, 6) is 0.696. The molecule has 2 bridgehead atoms. The quantitative estimate of drug-likeness (QED) is 0.458. The third-order valence-corrected chi connectivity index (χ3v) is 7.81. The fourth-order valence-electron chi connectivity index (χ4n) is 6.45. The summed E-state index contributed by atoms with van der Waals surface area (Å²) in [6.07, 6.45) is 1.70. The van der Waals surface area contributed by atoms with E-state index in [0.29, 0.717) is 11.8 Å². The summed E-state index contributed by atoms with van der Waals surface area (Å²) in [4.78, 5) is 4.61. The van der Waals surface area contributed by atoms with E-state index in [4.69, 9.17) is 0 Å². The lowest BCUT2D eigenvalue weighted by Crippen LogP contribution is -2.49. The number of aliphatic hydroxyl groups is 1. The zero-order valence-corrected chi connectivity index (χ0v) is 19.1. The molecule has 3 nitrogen and oxygen atoms in total. The van der Waals surface area contributed by atoms with Gasteiger partial charge >= 0.3 is 0 Å². The van der Waals surface area contributed by atoms with Gasteiger partial charge in [0.25, 0.3) is 0 Å². The molecular weight excluding hydrogens is 392 g/mol. The summed E-state index contributed by atoms with van der Waals surface area (Å²) in [5, 5.41) is 10.9. The Morgan fingerprint density at radius 2 is 1.28 bits per heavy atom. The summed E-state index contributed by atoms with van der Waals surface area (Å²) < 4.78 is 0. The zero-order chi connectivity index (χ0) is 21.9. The average molecular weight is 425 g/mol. The van der Waals surface area contributed by atoms with Crippen molar-refractivity contribution in [3.05, 3.63) is 106 Å². The van der Waals surface area contributed by atoms with Crippen LogP contribution in [0.1, 0.15) is 63.6 Å². The third-order valence-electron chi connectivity index (χ3n) is 7.81. The molecule has 3 aromatic rings. The van der Waals surface area contributed by atoms with E-state index >= 15 is 0 Å². The van der Waals surface area contributed by atoms with Crippen molar-refractivity contribution in [2.24, 2.45) is 0 Å². The monoisotopic (exact) mass is 424 g/mol. The van der Waals surface area contributed by atoms with Crippen LogP contribution in [0.2, 0.25) is 0 Å². The molecule has 3 aliphatic carbocycles. The van der Waals surface area contributed by atoms with Crippen LogP contribution in [0.5, 0.6) is 0 Å². The molecule has 1 fully saturated rings. The maximum atomic E-state index is 10.9. The van der Waals surface area contributed by atoms with Crippen LogP contribution in [-0.4, -0.2) is 54.2 Å². The van der Waals surface area contributed by atoms with Crippen molar-refractivity contribution in [1.29, 1.82) is 0 Å². The molecule has 3 heteroatoms. The van der Waals surface area contributed by atoms with Crippen LogP contribution in [-0.2, 0) is 6.54 Å². The van der Waals surface area contributed by atoms with E-state index in [0.717, 1.165) is 39.0 Å². The molecule has 32 heavy (non-hydrogen) atoms. The van der Waals surface area contributed by atoms with Crippen molar-refractivity contribution >= 4 is 0 Å². The third kappa shape index (κ3) is 3.23. The van der Waals surface area contributed by atoms with Crippen molar-refractivity contribution in [3.8, 4) is 0 Å². The van der Waals surface area contributed by atoms with Gasteiger partial charge in [-0.1, -0.05) is 66.7 Å². The second-order valence-corrected chi connectivity index (χ2v) is 10.3.